The van der Waals surface area contributed by atoms with E-state index in [1.165, 1.54) is 17.5 Å². The fourth-order valence-electron chi connectivity index (χ4n) is 3.21. The summed E-state index contributed by atoms with van der Waals surface area (Å²) in [6, 6.07) is 16.1. The van der Waals surface area contributed by atoms with Crippen molar-refractivity contribution in [2.75, 3.05) is 17.7 Å². The molecule has 2 heterocycles. The molecule has 0 bridgehead atoms. The van der Waals surface area contributed by atoms with Gasteiger partial charge in [0.25, 0.3) is 5.91 Å². The minimum absolute atomic E-state index is 0.197. The molecule has 8 heteroatoms. The Bertz CT molecular complexity index is 1270. The van der Waals surface area contributed by atoms with E-state index in [0.29, 0.717) is 33.8 Å². The maximum absolute atomic E-state index is 12.4. The van der Waals surface area contributed by atoms with Gasteiger partial charge in [-0.2, -0.15) is 0 Å². The maximum Gasteiger partial charge on any atom is 0.341 e. The molecule has 32 heavy (non-hydrogen) atoms. The number of carbonyl (C=O) groups excluding carboxylic acids is 2. The van der Waals surface area contributed by atoms with Crippen LogP contribution >= 0.6 is 11.3 Å². The van der Waals surface area contributed by atoms with Crippen LogP contribution in [0.25, 0.3) is 10.1 Å². The molecule has 2 aromatic carbocycles. The van der Waals surface area contributed by atoms with Gasteiger partial charge in [-0.1, -0.05) is 24.3 Å². The Morgan fingerprint density at radius 2 is 1.94 bits per heavy atom. The lowest BCUT2D eigenvalue weighted by molar-refractivity contribution is 0.0528. The number of nitrogens with one attached hydrogen (secondary N) is 1. The Kier molecular flexibility index (Phi) is 6.32. The molecule has 7 nitrogen and oxygen atoms in total. The number of rotatable bonds is 7. The first-order valence-corrected chi connectivity index (χ1v) is 10.9. The number of nitrogens with zero attached hydrogens (tertiary/aromatic N) is 1. The van der Waals surface area contributed by atoms with E-state index >= 15 is 0 Å². The van der Waals surface area contributed by atoms with E-state index in [2.05, 4.69) is 10.3 Å². The van der Waals surface area contributed by atoms with Crippen molar-refractivity contribution in [1.82, 2.24) is 4.98 Å². The van der Waals surface area contributed by atoms with E-state index in [0.717, 1.165) is 10.3 Å². The highest BCUT2D eigenvalue weighted by Gasteiger charge is 2.18. The van der Waals surface area contributed by atoms with E-state index in [1.54, 1.807) is 43.3 Å². The average molecular weight is 448 g/mol. The second-order valence-electron chi connectivity index (χ2n) is 6.88. The van der Waals surface area contributed by atoms with Gasteiger partial charge in [0, 0.05) is 34.5 Å². The zero-order valence-electron chi connectivity index (χ0n) is 17.3. The van der Waals surface area contributed by atoms with Crippen LogP contribution in [0, 0.1) is 0 Å². The molecule has 0 unspecified atom stereocenters. The number of carbonyl (C=O) groups is 2. The topological polar surface area (TPSA) is 104 Å². The molecule has 0 aliphatic carbocycles. The van der Waals surface area contributed by atoms with Gasteiger partial charge in [-0.05, 0) is 36.6 Å². The van der Waals surface area contributed by atoms with Crippen LogP contribution in [0.15, 0.2) is 66.2 Å². The molecule has 0 spiro atoms. The van der Waals surface area contributed by atoms with Gasteiger partial charge in [0.05, 0.1) is 16.9 Å². The largest absolute Gasteiger partial charge is 0.489 e. The van der Waals surface area contributed by atoms with Gasteiger partial charge in [-0.3, -0.25) is 4.79 Å². The molecule has 2 aromatic heterocycles. The van der Waals surface area contributed by atoms with Gasteiger partial charge in [0.15, 0.2) is 0 Å². The second kappa shape index (κ2) is 9.49. The monoisotopic (exact) mass is 447 g/mol. The molecular weight excluding hydrogens is 426 g/mol. The number of nitrogen functional groups attached to an aromatic ring is 1. The predicted octanol–water partition coefficient (Wildman–Crippen LogP) is 4.89. The summed E-state index contributed by atoms with van der Waals surface area (Å²) in [5, 5.41) is 5.45. The summed E-state index contributed by atoms with van der Waals surface area (Å²) in [5.74, 6) is 0.290. The normalized spacial score (nSPS) is 10.7. The first-order valence-electron chi connectivity index (χ1n) is 9.97. The van der Waals surface area contributed by atoms with E-state index < -0.39 is 5.97 Å². The van der Waals surface area contributed by atoms with Crippen molar-refractivity contribution >= 4 is 44.8 Å². The van der Waals surface area contributed by atoms with Crippen LogP contribution in [-0.2, 0) is 11.3 Å². The molecule has 4 aromatic rings. The standard InChI is InChI=1S/C24H21N3O4S/c1-2-30-24(29)19-12-26-22(25)20-16(14-32-21(19)20)13-31-18-10-6-9-17(11-18)27-23(28)15-7-4-3-5-8-15/h3-12,14H,2,13H2,1H3,(H2,25,26)(H,27,28). The maximum atomic E-state index is 12.4. The third-order valence-electron chi connectivity index (χ3n) is 4.72. The van der Waals surface area contributed by atoms with Crippen LogP contribution in [0.4, 0.5) is 11.5 Å². The van der Waals surface area contributed by atoms with Crippen molar-refractivity contribution in [1.29, 1.82) is 0 Å². The Morgan fingerprint density at radius 3 is 2.72 bits per heavy atom. The Morgan fingerprint density at radius 1 is 1.12 bits per heavy atom. The number of aromatic nitrogens is 1. The zero-order chi connectivity index (χ0) is 22.5. The molecular formula is C24H21N3O4S. The molecule has 0 aliphatic heterocycles. The minimum atomic E-state index is -0.429. The van der Waals surface area contributed by atoms with E-state index in [4.69, 9.17) is 15.2 Å². The minimum Gasteiger partial charge on any atom is -0.489 e. The van der Waals surface area contributed by atoms with Gasteiger partial charge in [0.1, 0.15) is 18.2 Å². The van der Waals surface area contributed by atoms with Gasteiger partial charge < -0.3 is 20.5 Å². The summed E-state index contributed by atoms with van der Waals surface area (Å²) in [6.45, 7) is 2.27. The van der Waals surface area contributed by atoms with Crippen molar-refractivity contribution in [2.24, 2.45) is 0 Å². The smallest absolute Gasteiger partial charge is 0.341 e. The highest BCUT2D eigenvalue weighted by molar-refractivity contribution is 7.17. The van der Waals surface area contributed by atoms with Gasteiger partial charge in [-0.25, -0.2) is 9.78 Å². The molecule has 0 aliphatic rings. The number of benzene rings is 2. The van der Waals surface area contributed by atoms with Crippen molar-refractivity contribution in [3.63, 3.8) is 0 Å². The van der Waals surface area contributed by atoms with E-state index in [9.17, 15) is 9.59 Å². The Labute approximate surface area is 188 Å². The lowest BCUT2D eigenvalue weighted by atomic mass is 10.1. The number of fused-ring (bicyclic) bond motifs is 1. The van der Waals surface area contributed by atoms with Crippen LogP contribution < -0.4 is 15.8 Å². The predicted molar refractivity (Wildman–Crippen MR) is 125 cm³/mol. The summed E-state index contributed by atoms with van der Waals surface area (Å²) in [7, 11) is 0. The molecule has 3 N–H and O–H groups in total. The fourth-order valence-corrected chi connectivity index (χ4v) is 4.27. The summed E-state index contributed by atoms with van der Waals surface area (Å²) < 4.78 is 11.8. The van der Waals surface area contributed by atoms with Crippen LogP contribution in [0.2, 0.25) is 0 Å². The van der Waals surface area contributed by atoms with Crippen LogP contribution in [0.3, 0.4) is 0 Å². The van der Waals surface area contributed by atoms with Crippen LogP contribution in [-0.4, -0.2) is 23.5 Å². The number of nitrogens with two attached hydrogens (primary N) is 1. The molecule has 1 amide bonds. The van der Waals surface area contributed by atoms with E-state index in [-0.39, 0.29) is 19.1 Å². The van der Waals surface area contributed by atoms with Gasteiger partial charge in [0.2, 0.25) is 0 Å². The number of ether oxygens (including phenoxy) is 2. The number of thiophene rings is 1. The second-order valence-corrected chi connectivity index (χ2v) is 7.76. The zero-order valence-corrected chi connectivity index (χ0v) is 18.1. The number of hydrogen-bond acceptors (Lipinski definition) is 7. The molecule has 4 rings (SSSR count). The Balaban J connectivity index is 1.50. The third-order valence-corrected chi connectivity index (χ3v) is 5.78. The van der Waals surface area contributed by atoms with E-state index in [1.807, 2.05) is 23.6 Å². The number of amides is 1. The average Bonchev–Trinajstić information content (AvgIpc) is 3.24. The molecule has 162 valence electrons. The van der Waals surface area contributed by atoms with Crippen molar-refractivity contribution < 1.29 is 19.1 Å². The quantitative estimate of drug-likeness (QED) is 0.391. The SMILES string of the molecule is CCOC(=O)c1cnc(N)c2c(COc3cccc(NC(=O)c4ccccc4)c3)csc12. The molecule has 0 saturated carbocycles. The first kappa shape index (κ1) is 21.3. The fraction of sp³-hybridized carbons (Fsp3) is 0.125. The molecule has 0 fully saturated rings. The van der Waals surface area contributed by atoms with Crippen LogP contribution in [0.1, 0.15) is 33.2 Å². The molecule has 0 atom stereocenters. The molecule has 0 radical (unpaired) electrons. The summed E-state index contributed by atoms with van der Waals surface area (Å²) in [5.41, 5.74) is 8.49. The number of pyridine rings is 1. The van der Waals surface area contributed by atoms with Crippen LogP contribution in [0.5, 0.6) is 5.75 Å². The number of esters is 1. The number of hydrogen-bond donors (Lipinski definition) is 2. The lowest BCUT2D eigenvalue weighted by Gasteiger charge is -2.10. The van der Waals surface area contributed by atoms with Gasteiger partial charge >= 0.3 is 5.97 Å². The van der Waals surface area contributed by atoms with Crippen molar-refractivity contribution in [3.8, 4) is 5.75 Å². The van der Waals surface area contributed by atoms with Crippen molar-refractivity contribution in [3.05, 3.63) is 82.9 Å². The third kappa shape index (κ3) is 4.55. The van der Waals surface area contributed by atoms with Gasteiger partial charge in [-0.15, -0.1) is 11.3 Å². The number of anilines is 2. The highest BCUT2D eigenvalue weighted by Crippen LogP contribution is 2.33. The Hall–Kier alpha value is -3.91. The summed E-state index contributed by atoms with van der Waals surface area (Å²) in [6.07, 6.45) is 1.44. The summed E-state index contributed by atoms with van der Waals surface area (Å²) >= 11 is 1.40. The first-order chi connectivity index (χ1) is 15.6. The molecule has 0 saturated heterocycles. The lowest BCUT2D eigenvalue weighted by Crippen LogP contribution is -2.11. The summed E-state index contributed by atoms with van der Waals surface area (Å²) in [4.78, 5) is 28.8. The highest BCUT2D eigenvalue weighted by atomic mass is 32.1. The van der Waals surface area contributed by atoms with Crippen molar-refractivity contribution in [2.45, 2.75) is 13.5 Å².